The highest BCUT2D eigenvalue weighted by Crippen LogP contribution is 2.21. The summed E-state index contributed by atoms with van der Waals surface area (Å²) in [6.45, 7) is 1.03. The normalized spacial score (nSPS) is 16.2. The maximum atomic E-state index is 13.0. The summed E-state index contributed by atoms with van der Waals surface area (Å²) in [5.41, 5.74) is 3.09. The number of benzene rings is 1. The highest BCUT2D eigenvalue weighted by Gasteiger charge is 2.22. The Labute approximate surface area is 123 Å². The van der Waals surface area contributed by atoms with Crippen LogP contribution in [-0.2, 0) is 12.8 Å². The number of rotatable bonds is 7. The van der Waals surface area contributed by atoms with Crippen LogP contribution < -0.4 is 5.32 Å². The maximum Gasteiger partial charge on any atom is 0.123 e. The van der Waals surface area contributed by atoms with Crippen LogP contribution >= 0.6 is 11.3 Å². The molecular formula is C16H19FN2S. The average Bonchev–Trinajstić information content (AvgIpc) is 3.15. The number of hydrogen-bond donors (Lipinski definition) is 1. The number of thiazole rings is 1. The van der Waals surface area contributed by atoms with E-state index in [4.69, 9.17) is 0 Å². The number of halogens is 1. The van der Waals surface area contributed by atoms with Gasteiger partial charge in [-0.1, -0.05) is 12.1 Å². The van der Waals surface area contributed by atoms with Crippen LogP contribution in [0.3, 0.4) is 0 Å². The Kier molecular flexibility index (Phi) is 4.43. The Morgan fingerprint density at radius 1 is 1.25 bits per heavy atom. The Balaban J connectivity index is 1.61. The number of nitrogens with zero attached hydrogens (tertiary/aromatic N) is 1. The third kappa shape index (κ3) is 4.12. The molecule has 106 valence electrons. The van der Waals surface area contributed by atoms with E-state index in [1.165, 1.54) is 23.3 Å². The molecule has 0 amide bonds. The van der Waals surface area contributed by atoms with Gasteiger partial charge in [-0.2, -0.15) is 0 Å². The molecule has 0 spiro atoms. The standard InChI is InChI=1S/C16H19FN2S/c17-14-3-1-12(2-4-14)7-13(9-19-15-5-6-15)8-16-10-18-11-20-16/h1-4,10-11,13,15,19H,5-9H2. The van der Waals surface area contributed by atoms with Crippen molar-refractivity contribution >= 4 is 11.3 Å². The van der Waals surface area contributed by atoms with Crippen LogP contribution in [0.25, 0.3) is 0 Å². The predicted molar refractivity (Wildman–Crippen MR) is 80.4 cm³/mol. The zero-order valence-electron chi connectivity index (χ0n) is 11.4. The monoisotopic (exact) mass is 290 g/mol. The molecule has 0 radical (unpaired) electrons. The molecular weight excluding hydrogens is 271 g/mol. The van der Waals surface area contributed by atoms with Gasteiger partial charge >= 0.3 is 0 Å². The van der Waals surface area contributed by atoms with Gasteiger partial charge in [0.25, 0.3) is 0 Å². The van der Waals surface area contributed by atoms with Crippen LogP contribution in [0.5, 0.6) is 0 Å². The van der Waals surface area contributed by atoms with Gasteiger partial charge in [0.15, 0.2) is 0 Å². The summed E-state index contributed by atoms with van der Waals surface area (Å²) >= 11 is 1.72. The van der Waals surface area contributed by atoms with Crippen molar-refractivity contribution < 1.29 is 4.39 Å². The third-order valence-corrected chi connectivity index (χ3v) is 4.49. The van der Waals surface area contributed by atoms with Gasteiger partial charge in [0.1, 0.15) is 5.82 Å². The first-order valence-electron chi connectivity index (χ1n) is 7.15. The Bertz CT molecular complexity index is 520. The molecule has 1 heterocycles. The number of aromatic nitrogens is 1. The average molecular weight is 290 g/mol. The van der Waals surface area contributed by atoms with Gasteiger partial charge in [-0.05, 0) is 55.8 Å². The second-order valence-corrected chi connectivity index (χ2v) is 6.52. The van der Waals surface area contributed by atoms with Crippen LogP contribution in [0.2, 0.25) is 0 Å². The lowest BCUT2D eigenvalue weighted by Gasteiger charge is -2.17. The minimum absolute atomic E-state index is 0.163. The lowest BCUT2D eigenvalue weighted by Crippen LogP contribution is -2.27. The molecule has 1 aliphatic rings. The smallest absolute Gasteiger partial charge is 0.123 e. The lowest BCUT2D eigenvalue weighted by atomic mass is 9.95. The fraction of sp³-hybridized carbons (Fsp3) is 0.438. The van der Waals surface area contributed by atoms with Crippen LogP contribution in [0.4, 0.5) is 4.39 Å². The van der Waals surface area contributed by atoms with Gasteiger partial charge in [0, 0.05) is 17.1 Å². The summed E-state index contributed by atoms with van der Waals surface area (Å²) < 4.78 is 13.0. The van der Waals surface area contributed by atoms with Crippen LogP contribution in [0.15, 0.2) is 36.0 Å². The van der Waals surface area contributed by atoms with Gasteiger partial charge < -0.3 is 5.32 Å². The molecule has 0 bridgehead atoms. The molecule has 20 heavy (non-hydrogen) atoms. The highest BCUT2D eigenvalue weighted by atomic mass is 32.1. The van der Waals surface area contributed by atoms with Crippen molar-refractivity contribution in [3.05, 3.63) is 52.2 Å². The molecule has 1 aliphatic carbocycles. The van der Waals surface area contributed by atoms with Gasteiger partial charge in [-0.25, -0.2) is 4.39 Å². The van der Waals surface area contributed by atoms with Crippen molar-refractivity contribution in [2.75, 3.05) is 6.54 Å². The minimum Gasteiger partial charge on any atom is -0.314 e. The fourth-order valence-electron chi connectivity index (χ4n) is 2.42. The molecule has 4 heteroatoms. The molecule has 0 aliphatic heterocycles. The van der Waals surface area contributed by atoms with Gasteiger partial charge in [0.05, 0.1) is 5.51 Å². The predicted octanol–water partition coefficient (Wildman–Crippen LogP) is 3.44. The fourth-order valence-corrected chi connectivity index (χ4v) is 3.13. The van der Waals surface area contributed by atoms with E-state index in [1.54, 1.807) is 23.5 Å². The van der Waals surface area contributed by atoms with Gasteiger partial charge in [-0.3, -0.25) is 4.98 Å². The first-order valence-corrected chi connectivity index (χ1v) is 8.03. The maximum absolute atomic E-state index is 13.0. The topological polar surface area (TPSA) is 24.9 Å². The van der Waals surface area contributed by atoms with Gasteiger partial charge in [-0.15, -0.1) is 11.3 Å². The molecule has 1 unspecified atom stereocenters. The molecule has 2 nitrogen and oxygen atoms in total. The van der Waals surface area contributed by atoms with Crippen molar-refractivity contribution in [2.24, 2.45) is 5.92 Å². The molecule has 3 rings (SSSR count). The summed E-state index contributed by atoms with van der Waals surface area (Å²) in [5.74, 6) is 0.380. The minimum atomic E-state index is -0.163. The Morgan fingerprint density at radius 2 is 2.05 bits per heavy atom. The van der Waals surface area contributed by atoms with Crippen molar-refractivity contribution in [1.29, 1.82) is 0 Å². The van der Waals surface area contributed by atoms with E-state index in [2.05, 4.69) is 10.3 Å². The van der Waals surface area contributed by atoms with Crippen molar-refractivity contribution in [3.8, 4) is 0 Å². The third-order valence-electron chi connectivity index (χ3n) is 3.68. The van der Waals surface area contributed by atoms with E-state index >= 15 is 0 Å². The quantitative estimate of drug-likeness (QED) is 0.845. The van der Waals surface area contributed by atoms with Crippen LogP contribution in [-0.4, -0.2) is 17.6 Å². The van der Waals surface area contributed by atoms with Crippen molar-refractivity contribution in [3.63, 3.8) is 0 Å². The number of nitrogens with one attached hydrogen (secondary N) is 1. The summed E-state index contributed by atoms with van der Waals surface area (Å²) in [5, 5.41) is 3.61. The molecule has 0 saturated heterocycles. The molecule has 1 atom stereocenters. The van der Waals surface area contributed by atoms with E-state index in [0.717, 1.165) is 25.4 Å². The molecule has 1 saturated carbocycles. The van der Waals surface area contributed by atoms with E-state index in [-0.39, 0.29) is 5.82 Å². The summed E-state index contributed by atoms with van der Waals surface area (Å²) in [4.78, 5) is 5.48. The zero-order valence-corrected chi connectivity index (χ0v) is 12.2. The summed E-state index contributed by atoms with van der Waals surface area (Å²) in [7, 11) is 0. The SMILES string of the molecule is Fc1ccc(CC(CNC2CC2)Cc2cncs2)cc1. The second-order valence-electron chi connectivity index (χ2n) is 5.55. The first kappa shape index (κ1) is 13.7. The lowest BCUT2D eigenvalue weighted by molar-refractivity contribution is 0.471. The Hall–Kier alpha value is -1.26. The molecule has 1 aromatic heterocycles. The van der Waals surface area contributed by atoms with Crippen LogP contribution in [0, 0.1) is 11.7 Å². The van der Waals surface area contributed by atoms with E-state index < -0.39 is 0 Å². The molecule has 1 aromatic carbocycles. The van der Waals surface area contributed by atoms with E-state index in [0.29, 0.717) is 5.92 Å². The summed E-state index contributed by atoms with van der Waals surface area (Å²) in [6, 6.07) is 7.62. The first-order chi connectivity index (χ1) is 9.79. The second kappa shape index (κ2) is 6.46. The van der Waals surface area contributed by atoms with E-state index in [1.807, 2.05) is 23.8 Å². The molecule has 1 N–H and O–H groups in total. The zero-order chi connectivity index (χ0) is 13.8. The Morgan fingerprint density at radius 3 is 2.70 bits per heavy atom. The molecule has 1 fully saturated rings. The highest BCUT2D eigenvalue weighted by molar-refractivity contribution is 7.09. The summed E-state index contributed by atoms with van der Waals surface area (Å²) in [6.07, 6.45) is 6.60. The largest absolute Gasteiger partial charge is 0.314 e. The van der Waals surface area contributed by atoms with Crippen molar-refractivity contribution in [2.45, 2.75) is 31.7 Å². The van der Waals surface area contributed by atoms with E-state index in [9.17, 15) is 4.39 Å². The van der Waals surface area contributed by atoms with Gasteiger partial charge in [0.2, 0.25) is 0 Å². The van der Waals surface area contributed by atoms with Crippen molar-refractivity contribution in [1.82, 2.24) is 10.3 Å². The number of hydrogen-bond acceptors (Lipinski definition) is 3. The molecule has 2 aromatic rings. The van der Waals surface area contributed by atoms with Crippen LogP contribution in [0.1, 0.15) is 23.3 Å².